The Kier molecular flexibility index (Phi) is 5.45. The summed E-state index contributed by atoms with van der Waals surface area (Å²) in [7, 11) is 5.81. The van der Waals surface area contributed by atoms with E-state index in [1.54, 1.807) is 0 Å². The minimum Gasteiger partial charge on any atom is -0.545 e. The minimum absolute atomic E-state index is 0.0413. The topological polar surface area (TPSA) is 53.5 Å². The van der Waals surface area contributed by atoms with Crippen molar-refractivity contribution < 1.29 is 14.2 Å². The first-order valence-corrected chi connectivity index (χ1v) is 6.47. The van der Waals surface area contributed by atoms with Gasteiger partial charge in [-0.3, -0.25) is 4.98 Å². The number of rotatable bonds is 6. The van der Waals surface area contributed by atoms with E-state index in [2.05, 4.69) is 9.97 Å². The molecule has 0 spiro atoms. The zero-order valence-corrected chi connectivity index (χ0v) is 12.4. The van der Waals surface area contributed by atoms with Crippen molar-refractivity contribution >= 4 is 13.4 Å². The maximum atomic E-state index is 5.81. The Labute approximate surface area is 116 Å². The average Bonchev–Trinajstić information content (AvgIpc) is 2.22. The van der Waals surface area contributed by atoms with Crippen molar-refractivity contribution in [2.75, 3.05) is 0 Å². The normalized spacial score (nSPS) is 11.3. The predicted molar refractivity (Wildman–Crippen MR) is 74.7 cm³/mol. The highest BCUT2D eigenvalue weighted by Gasteiger charge is 2.14. The molecule has 0 N–H and O–H groups in total. The molecule has 0 fully saturated rings. The lowest BCUT2D eigenvalue weighted by Gasteiger charge is -2.22. The number of hydrogen-bond acceptors (Lipinski definition) is 5. The Morgan fingerprint density at radius 1 is 0.684 bits per heavy atom. The summed E-state index contributed by atoms with van der Waals surface area (Å²) in [4.78, 5) is 8.41. The summed E-state index contributed by atoms with van der Waals surface area (Å²) < 4.78 is 16.6. The second-order valence-electron chi connectivity index (χ2n) is 5.02. The smallest absolute Gasteiger partial charge is 0.281 e. The van der Waals surface area contributed by atoms with E-state index in [1.165, 1.54) is 0 Å². The first-order valence-electron chi connectivity index (χ1n) is 6.47. The van der Waals surface area contributed by atoms with Gasteiger partial charge in [0.1, 0.15) is 0 Å². The molecule has 0 aliphatic heterocycles. The van der Waals surface area contributed by atoms with E-state index in [9.17, 15) is 0 Å². The zero-order chi connectivity index (χ0) is 14.6. The van der Waals surface area contributed by atoms with Crippen LogP contribution in [0.1, 0.15) is 41.5 Å². The Balaban J connectivity index is 3.12. The maximum Gasteiger partial charge on any atom is 0.281 e. The van der Waals surface area contributed by atoms with Crippen LogP contribution in [0.25, 0.3) is 0 Å². The minimum atomic E-state index is -0.0423. The molecule has 0 amide bonds. The molecule has 1 rings (SSSR count). The summed E-state index contributed by atoms with van der Waals surface area (Å²) in [6.45, 7) is 11.4. The second kappa shape index (κ2) is 6.64. The van der Waals surface area contributed by atoms with Crippen molar-refractivity contribution in [3.63, 3.8) is 0 Å². The third kappa shape index (κ3) is 4.97. The van der Waals surface area contributed by atoms with Crippen LogP contribution in [0.3, 0.4) is 0 Å². The molecule has 5 nitrogen and oxygen atoms in total. The lowest BCUT2D eigenvalue weighted by molar-refractivity contribution is 0.177. The zero-order valence-electron chi connectivity index (χ0n) is 12.4. The van der Waals surface area contributed by atoms with Crippen LogP contribution in [0.15, 0.2) is 0 Å². The molecular formula is C13H21BN2O3-. The van der Waals surface area contributed by atoms with Crippen LogP contribution in [0.4, 0.5) is 0 Å². The molecule has 1 heterocycles. The van der Waals surface area contributed by atoms with Crippen LogP contribution < -0.4 is 19.8 Å². The Morgan fingerprint density at radius 2 is 1.05 bits per heavy atom. The highest BCUT2D eigenvalue weighted by atomic mass is 16.5. The molecule has 19 heavy (non-hydrogen) atoms. The molecule has 0 atom stereocenters. The maximum absolute atomic E-state index is 5.81. The van der Waals surface area contributed by atoms with E-state index in [0.717, 1.165) is 0 Å². The van der Waals surface area contributed by atoms with Gasteiger partial charge in [0.25, 0.3) is 11.8 Å². The standard InChI is InChI=1S/C13H21BN2O3/c1-7(2)17-11-10(14)15-12(18-8(3)4)13(16-11)19-9(5)6/h7-9H,1-6H3/q-1. The number of ether oxygens (including phenoxy) is 3. The predicted octanol–water partition coefficient (Wildman–Crippen LogP) is 1.63. The first kappa shape index (κ1) is 15.6. The summed E-state index contributed by atoms with van der Waals surface area (Å²) in [5.41, 5.74) is 0.195. The van der Waals surface area contributed by atoms with Gasteiger partial charge in [0, 0.05) is 0 Å². The molecule has 0 saturated heterocycles. The number of nitrogens with zero attached hydrogens (tertiary/aromatic N) is 2. The van der Waals surface area contributed by atoms with Gasteiger partial charge in [-0.15, -0.1) is 0 Å². The fourth-order valence-corrected chi connectivity index (χ4v) is 1.31. The Morgan fingerprint density at radius 3 is 1.47 bits per heavy atom. The molecule has 1 aromatic rings. The van der Waals surface area contributed by atoms with Crippen LogP contribution in [0.5, 0.6) is 17.6 Å². The van der Waals surface area contributed by atoms with Gasteiger partial charge < -0.3 is 22.1 Å². The van der Waals surface area contributed by atoms with Crippen molar-refractivity contribution in [2.45, 2.75) is 59.9 Å². The molecule has 1 aromatic heterocycles. The van der Waals surface area contributed by atoms with E-state index in [0.29, 0.717) is 5.88 Å². The quantitative estimate of drug-likeness (QED) is 0.731. The van der Waals surface area contributed by atoms with Gasteiger partial charge in [-0.05, 0) is 41.5 Å². The van der Waals surface area contributed by atoms with E-state index >= 15 is 0 Å². The highest BCUT2D eigenvalue weighted by molar-refractivity contribution is 6.32. The summed E-state index contributed by atoms with van der Waals surface area (Å²) in [6.07, 6.45) is -0.125. The van der Waals surface area contributed by atoms with Gasteiger partial charge >= 0.3 is 0 Å². The Bertz CT molecular complexity index is 423. The second-order valence-corrected chi connectivity index (χ2v) is 5.02. The molecular weight excluding hydrogens is 243 g/mol. The van der Waals surface area contributed by atoms with Gasteiger partial charge in [0.15, 0.2) is 5.88 Å². The first-order chi connectivity index (χ1) is 8.79. The lowest BCUT2D eigenvalue weighted by Crippen LogP contribution is -2.23. The van der Waals surface area contributed by atoms with Gasteiger partial charge in [-0.25, -0.2) is 0 Å². The molecule has 0 aromatic carbocycles. The lowest BCUT2D eigenvalue weighted by atomic mass is 10.1. The van der Waals surface area contributed by atoms with Gasteiger partial charge in [0.05, 0.1) is 18.3 Å². The van der Waals surface area contributed by atoms with Crippen molar-refractivity contribution in [3.05, 3.63) is 0 Å². The number of hydrogen-bond donors (Lipinski definition) is 0. The highest BCUT2D eigenvalue weighted by Crippen LogP contribution is 2.25. The van der Waals surface area contributed by atoms with E-state index in [1.807, 2.05) is 41.5 Å². The molecule has 6 heteroatoms. The van der Waals surface area contributed by atoms with Crippen molar-refractivity contribution in [2.24, 2.45) is 0 Å². The fraction of sp³-hybridized carbons (Fsp3) is 0.692. The van der Waals surface area contributed by atoms with Gasteiger partial charge in [0.2, 0.25) is 0 Å². The average molecular weight is 264 g/mol. The summed E-state index contributed by atoms with van der Waals surface area (Å²) in [5.74, 6) is 0.854. The molecule has 0 aliphatic rings. The van der Waals surface area contributed by atoms with Crippen LogP contribution in [-0.4, -0.2) is 36.1 Å². The molecule has 0 aliphatic carbocycles. The molecule has 0 saturated carbocycles. The van der Waals surface area contributed by atoms with Crippen LogP contribution in [0, 0.1) is 0 Å². The van der Waals surface area contributed by atoms with Crippen LogP contribution in [-0.2, 0) is 0 Å². The monoisotopic (exact) mass is 264 g/mol. The van der Waals surface area contributed by atoms with E-state index < -0.39 is 0 Å². The van der Waals surface area contributed by atoms with Crippen molar-refractivity contribution in [3.8, 4) is 17.6 Å². The van der Waals surface area contributed by atoms with Crippen molar-refractivity contribution in [1.29, 1.82) is 0 Å². The van der Waals surface area contributed by atoms with Crippen molar-refractivity contribution in [1.82, 2.24) is 9.97 Å². The number of aromatic nitrogens is 2. The fourth-order valence-electron chi connectivity index (χ4n) is 1.31. The Hall–Kier alpha value is -1.46. The van der Waals surface area contributed by atoms with Crippen LogP contribution in [0.2, 0.25) is 0 Å². The third-order valence-corrected chi connectivity index (χ3v) is 1.87. The SMILES string of the molecule is [B-]c1nc(OC(C)C)c(OC(C)C)nc1OC(C)C. The summed E-state index contributed by atoms with van der Waals surface area (Å²) >= 11 is 0. The molecule has 3 radical (unpaired) electrons. The van der Waals surface area contributed by atoms with Gasteiger partial charge in [-0.2, -0.15) is 10.6 Å². The third-order valence-electron chi connectivity index (χ3n) is 1.87. The summed E-state index contributed by atoms with van der Waals surface area (Å²) in [5, 5.41) is 0. The van der Waals surface area contributed by atoms with Crippen LogP contribution >= 0.6 is 0 Å². The van der Waals surface area contributed by atoms with Gasteiger partial charge in [-0.1, -0.05) is 0 Å². The largest absolute Gasteiger partial charge is 0.545 e. The van der Waals surface area contributed by atoms with E-state index in [-0.39, 0.29) is 35.7 Å². The molecule has 105 valence electrons. The molecule has 0 bridgehead atoms. The summed E-state index contributed by atoms with van der Waals surface area (Å²) in [6, 6.07) is 0. The molecule has 0 unspecified atom stereocenters. The van der Waals surface area contributed by atoms with E-state index in [4.69, 9.17) is 22.1 Å².